The van der Waals surface area contributed by atoms with Crippen LogP contribution in [0.15, 0.2) is 11.0 Å². The van der Waals surface area contributed by atoms with Gasteiger partial charge in [-0.25, -0.2) is 4.68 Å². The average molecular weight is 205 g/mol. The maximum atomic E-state index is 11.3. The lowest BCUT2D eigenvalue weighted by Gasteiger charge is -2.05. The molecule has 1 aromatic heterocycles. The van der Waals surface area contributed by atoms with Crippen molar-refractivity contribution in [3.8, 4) is 0 Å². The van der Waals surface area contributed by atoms with Crippen LogP contribution in [0.5, 0.6) is 0 Å². The maximum Gasteiger partial charge on any atom is 0.287 e. The predicted octanol–water partition coefficient (Wildman–Crippen LogP) is -0.825. The Morgan fingerprint density at radius 1 is 1.77 bits per heavy atom. The number of aliphatic hydroxyl groups excluding tert-OH is 1. The summed E-state index contributed by atoms with van der Waals surface area (Å²) in [5.41, 5.74) is 2.02. The lowest BCUT2D eigenvalue weighted by atomic mass is 10.5. The fraction of sp³-hybridized carbons (Fsp3) is 0.333. The van der Waals surface area contributed by atoms with Crippen molar-refractivity contribution in [1.82, 2.24) is 9.78 Å². The molecule has 0 bridgehead atoms. The molecular formula is C6H9ClN4O2. The van der Waals surface area contributed by atoms with E-state index in [1.807, 2.05) is 0 Å². The van der Waals surface area contributed by atoms with Crippen LogP contribution in [0, 0.1) is 0 Å². The van der Waals surface area contributed by atoms with Crippen molar-refractivity contribution in [3.05, 3.63) is 21.6 Å². The molecule has 6 nitrogen and oxygen atoms in total. The monoisotopic (exact) mass is 204 g/mol. The lowest BCUT2D eigenvalue weighted by Crippen LogP contribution is -2.26. The van der Waals surface area contributed by atoms with Crippen molar-refractivity contribution in [2.24, 2.45) is 5.84 Å². The largest absolute Gasteiger partial charge is 0.394 e. The summed E-state index contributed by atoms with van der Waals surface area (Å²) >= 11 is 5.64. The van der Waals surface area contributed by atoms with Crippen molar-refractivity contribution in [2.45, 2.75) is 6.54 Å². The Labute approximate surface area is 78.9 Å². The van der Waals surface area contributed by atoms with Crippen LogP contribution >= 0.6 is 11.6 Å². The molecule has 0 aromatic carbocycles. The topological polar surface area (TPSA) is 93.2 Å². The van der Waals surface area contributed by atoms with Crippen LogP contribution < -0.4 is 16.8 Å². The molecule has 0 radical (unpaired) electrons. The standard InChI is InChI=1S/C6H9ClN4O2/c7-5-4(10-8)3-9-11(1-2-12)6(5)13/h3,10,12H,1-2,8H2. The fourth-order valence-electron chi connectivity index (χ4n) is 0.820. The third-order valence-corrected chi connectivity index (χ3v) is 1.82. The molecule has 1 rings (SSSR count). The number of hydrogen-bond donors (Lipinski definition) is 3. The van der Waals surface area contributed by atoms with Crippen molar-refractivity contribution in [2.75, 3.05) is 12.0 Å². The molecular weight excluding hydrogens is 196 g/mol. The van der Waals surface area contributed by atoms with E-state index in [0.29, 0.717) is 0 Å². The number of hydrogen-bond acceptors (Lipinski definition) is 5. The highest BCUT2D eigenvalue weighted by Crippen LogP contribution is 2.12. The van der Waals surface area contributed by atoms with Gasteiger partial charge < -0.3 is 10.5 Å². The van der Waals surface area contributed by atoms with Crippen LogP contribution in [0.4, 0.5) is 5.69 Å². The van der Waals surface area contributed by atoms with Crippen LogP contribution in [0.1, 0.15) is 0 Å². The number of nitrogen functional groups attached to an aromatic ring is 1. The summed E-state index contributed by atoms with van der Waals surface area (Å²) in [5.74, 6) is 5.07. The van der Waals surface area contributed by atoms with E-state index in [1.165, 1.54) is 6.20 Å². The summed E-state index contributed by atoms with van der Waals surface area (Å²) in [6.45, 7) is -0.0535. The van der Waals surface area contributed by atoms with Crippen LogP contribution in [-0.4, -0.2) is 21.5 Å². The van der Waals surface area contributed by atoms with E-state index in [4.69, 9.17) is 22.6 Å². The van der Waals surface area contributed by atoms with Crippen molar-refractivity contribution in [1.29, 1.82) is 0 Å². The first kappa shape index (κ1) is 9.97. The first-order valence-electron chi connectivity index (χ1n) is 3.53. The van der Waals surface area contributed by atoms with Gasteiger partial charge in [-0.2, -0.15) is 5.10 Å². The first-order valence-corrected chi connectivity index (χ1v) is 3.91. The number of aromatic nitrogens is 2. The quantitative estimate of drug-likeness (QED) is 0.442. The van der Waals surface area contributed by atoms with Crippen molar-refractivity contribution < 1.29 is 5.11 Å². The number of rotatable bonds is 3. The van der Waals surface area contributed by atoms with Crippen LogP contribution in [0.2, 0.25) is 5.02 Å². The minimum atomic E-state index is -0.480. The van der Waals surface area contributed by atoms with Gasteiger partial charge in [0.05, 0.1) is 25.0 Å². The van der Waals surface area contributed by atoms with E-state index in [9.17, 15) is 4.79 Å². The van der Waals surface area contributed by atoms with Crippen molar-refractivity contribution in [3.63, 3.8) is 0 Å². The number of nitrogens with one attached hydrogen (secondary N) is 1. The number of nitrogens with zero attached hydrogens (tertiary/aromatic N) is 2. The minimum Gasteiger partial charge on any atom is -0.394 e. The minimum absolute atomic E-state index is 0.0362. The number of anilines is 1. The van der Waals surface area contributed by atoms with Gasteiger partial charge in [0.15, 0.2) is 0 Å². The third-order valence-electron chi connectivity index (χ3n) is 1.45. The Kier molecular flexibility index (Phi) is 3.24. The van der Waals surface area contributed by atoms with E-state index >= 15 is 0 Å². The fourth-order valence-corrected chi connectivity index (χ4v) is 1.02. The molecule has 72 valence electrons. The Bertz CT molecular complexity index is 351. The summed E-state index contributed by atoms with van der Waals surface area (Å²) in [4.78, 5) is 11.3. The molecule has 0 spiro atoms. The van der Waals surface area contributed by atoms with E-state index in [2.05, 4.69) is 10.5 Å². The molecule has 0 fully saturated rings. The molecule has 0 saturated carbocycles. The summed E-state index contributed by atoms with van der Waals surface area (Å²) in [6.07, 6.45) is 1.32. The maximum absolute atomic E-state index is 11.3. The smallest absolute Gasteiger partial charge is 0.287 e. The highest BCUT2D eigenvalue weighted by Gasteiger charge is 2.06. The molecule has 0 aliphatic rings. The summed E-state index contributed by atoms with van der Waals surface area (Å²) in [7, 11) is 0. The number of halogens is 1. The SMILES string of the molecule is NNc1cnn(CCO)c(=O)c1Cl. The zero-order valence-electron chi connectivity index (χ0n) is 6.70. The zero-order valence-corrected chi connectivity index (χ0v) is 7.45. The van der Waals surface area contributed by atoms with Gasteiger partial charge in [-0.3, -0.25) is 10.6 Å². The molecule has 0 amide bonds. The van der Waals surface area contributed by atoms with Gasteiger partial charge in [-0.15, -0.1) is 0 Å². The average Bonchev–Trinajstić information content (AvgIpc) is 2.14. The normalized spacial score (nSPS) is 10.1. The zero-order chi connectivity index (χ0) is 9.84. The van der Waals surface area contributed by atoms with Gasteiger partial charge in [0.25, 0.3) is 5.56 Å². The second-order valence-corrected chi connectivity index (χ2v) is 2.65. The lowest BCUT2D eigenvalue weighted by molar-refractivity contribution is 0.266. The molecule has 7 heteroatoms. The Hall–Kier alpha value is -1.11. The summed E-state index contributed by atoms with van der Waals surface area (Å²) < 4.78 is 1.06. The number of hydrazine groups is 1. The molecule has 0 unspecified atom stereocenters. The Morgan fingerprint density at radius 2 is 2.46 bits per heavy atom. The second kappa shape index (κ2) is 4.22. The van der Waals surface area contributed by atoms with E-state index in [-0.39, 0.29) is 23.9 Å². The van der Waals surface area contributed by atoms with Gasteiger partial charge in [0.2, 0.25) is 0 Å². The number of aliphatic hydroxyl groups is 1. The molecule has 0 aliphatic carbocycles. The van der Waals surface area contributed by atoms with E-state index < -0.39 is 5.56 Å². The Balaban J connectivity index is 3.16. The van der Waals surface area contributed by atoms with Crippen LogP contribution in [0.25, 0.3) is 0 Å². The molecule has 13 heavy (non-hydrogen) atoms. The summed E-state index contributed by atoms with van der Waals surface area (Å²) in [5, 5.41) is 12.3. The van der Waals surface area contributed by atoms with Crippen LogP contribution in [-0.2, 0) is 6.54 Å². The second-order valence-electron chi connectivity index (χ2n) is 2.27. The first-order chi connectivity index (χ1) is 6.20. The van der Waals surface area contributed by atoms with Gasteiger partial charge in [-0.1, -0.05) is 11.6 Å². The molecule has 0 saturated heterocycles. The number of nitrogens with two attached hydrogens (primary N) is 1. The van der Waals surface area contributed by atoms with Crippen LogP contribution in [0.3, 0.4) is 0 Å². The Morgan fingerprint density at radius 3 is 3.00 bits per heavy atom. The molecule has 4 N–H and O–H groups in total. The predicted molar refractivity (Wildman–Crippen MR) is 48.4 cm³/mol. The molecule has 1 aromatic rings. The van der Waals surface area contributed by atoms with Gasteiger partial charge >= 0.3 is 0 Å². The van der Waals surface area contributed by atoms with E-state index in [0.717, 1.165) is 4.68 Å². The highest BCUT2D eigenvalue weighted by molar-refractivity contribution is 6.32. The van der Waals surface area contributed by atoms with Gasteiger partial charge in [-0.05, 0) is 0 Å². The molecule has 0 atom stereocenters. The van der Waals surface area contributed by atoms with Gasteiger partial charge in [0, 0.05) is 0 Å². The van der Waals surface area contributed by atoms with Gasteiger partial charge in [0.1, 0.15) is 5.02 Å². The molecule has 0 aliphatic heterocycles. The molecule has 1 heterocycles. The highest BCUT2D eigenvalue weighted by atomic mass is 35.5. The summed E-state index contributed by atoms with van der Waals surface area (Å²) in [6, 6.07) is 0. The third kappa shape index (κ3) is 1.97. The van der Waals surface area contributed by atoms with E-state index in [1.54, 1.807) is 0 Å². The van der Waals surface area contributed by atoms with Crippen molar-refractivity contribution >= 4 is 17.3 Å².